The van der Waals surface area contributed by atoms with Gasteiger partial charge >= 0.3 is 0 Å². The number of amides is 1. The minimum Gasteiger partial charge on any atom is -0.493 e. The number of methoxy groups -OCH3 is 1. The van der Waals surface area contributed by atoms with E-state index < -0.39 is 5.91 Å². The van der Waals surface area contributed by atoms with Gasteiger partial charge in [0, 0.05) is 5.56 Å². The number of fused-ring (bicyclic) bond motifs is 1. The zero-order chi connectivity index (χ0) is 25.8. The number of thioether (sulfide) groups is 1. The smallest absolute Gasteiger partial charge is 0.283 e. The molecule has 2 aliphatic rings. The highest BCUT2D eigenvalue weighted by Gasteiger charge is 2.36. The first kappa shape index (κ1) is 24.3. The van der Waals surface area contributed by atoms with Gasteiger partial charge in [0.1, 0.15) is 24.0 Å². The SMILES string of the molecule is COc1ccccc1OCCOc1cccc(/C=C2/C(=N)N3N=C(c4ccccc4C)SC3=NC2=O)c1. The summed E-state index contributed by atoms with van der Waals surface area (Å²) in [6.45, 7) is 2.65. The molecule has 0 unspecified atom stereocenters. The summed E-state index contributed by atoms with van der Waals surface area (Å²) in [6, 6.07) is 22.6. The van der Waals surface area contributed by atoms with Crippen molar-refractivity contribution in [2.24, 2.45) is 10.1 Å². The summed E-state index contributed by atoms with van der Waals surface area (Å²) in [5, 5.41) is 15.7. The number of rotatable bonds is 8. The summed E-state index contributed by atoms with van der Waals surface area (Å²) < 4.78 is 16.9. The Bertz CT molecular complexity index is 1460. The van der Waals surface area contributed by atoms with Gasteiger partial charge in [0.2, 0.25) is 5.17 Å². The Kier molecular flexibility index (Phi) is 7.04. The minimum atomic E-state index is -0.471. The van der Waals surface area contributed by atoms with Crippen molar-refractivity contribution in [3.63, 3.8) is 0 Å². The Hall–Kier alpha value is -4.37. The van der Waals surface area contributed by atoms with Crippen LogP contribution in [0.4, 0.5) is 0 Å². The first-order valence-corrected chi connectivity index (χ1v) is 12.4. The molecule has 37 heavy (non-hydrogen) atoms. The maximum atomic E-state index is 12.8. The molecule has 0 fully saturated rings. The lowest BCUT2D eigenvalue weighted by Gasteiger charge is -2.20. The lowest BCUT2D eigenvalue weighted by molar-refractivity contribution is -0.114. The van der Waals surface area contributed by atoms with Crippen molar-refractivity contribution >= 4 is 39.8 Å². The predicted molar refractivity (Wildman–Crippen MR) is 146 cm³/mol. The zero-order valence-electron chi connectivity index (χ0n) is 20.3. The Balaban J connectivity index is 1.27. The molecule has 1 amide bonds. The Morgan fingerprint density at radius 2 is 1.73 bits per heavy atom. The van der Waals surface area contributed by atoms with Crippen LogP contribution in [-0.4, -0.2) is 47.3 Å². The van der Waals surface area contributed by atoms with E-state index in [4.69, 9.17) is 19.6 Å². The van der Waals surface area contributed by atoms with E-state index in [1.807, 2.05) is 73.7 Å². The molecule has 0 bridgehead atoms. The van der Waals surface area contributed by atoms with Crippen molar-refractivity contribution in [1.82, 2.24) is 5.01 Å². The zero-order valence-corrected chi connectivity index (χ0v) is 21.1. The van der Waals surface area contributed by atoms with E-state index in [1.165, 1.54) is 16.8 Å². The number of hydrazone groups is 1. The van der Waals surface area contributed by atoms with Gasteiger partial charge in [-0.2, -0.15) is 15.1 Å². The van der Waals surface area contributed by atoms with Crippen LogP contribution in [0.25, 0.3) is 6.08 Å². The average molecular weight is 513 g/mol. The Labute approximate surface area is 218 Å². The van der Waals surface area contributed by atoms with Crippen LogP contribution in [-0.2, 0) is 4.79 Å². The molecule has 3 aromatic rings. The molecule has 1 N–H and O–H groups in total. The van der Waals surface area contributed by atoms with Crippen LogP contribution in [0.1, 0.15) is 16.7 Å². The lowest BCUT2D eigenvalue weighted by Crippen LogP contribution is -2.35. The molecule has 0 aromatic heterocycles. The van der Waals surface area contributed by atoms with Crippen molar-refractivity contribution in [2.45, 2.75) is 6.92 Å². The average Bonchev–Trinajstić information content (AvgIpc) is 3.33. The van der Waals surface area contributed by atoms with E-state index in [9.17, 15) is 4.79 Å². The summed E-state index contributed by atoms with van der Waals surface area (Å²) in [6.07, 6.45) is 1.63. The van der Waals surface area contributed by atoms with Gasteiger partial charge in [0.05, 0.1) is 12.7 Å². The van der Waals surface area contributed by atoms with Crippen LogP contribution >= 0.6 is 11.8 Å². The third-order valence-corrected chi connectivity index (χ3v) is 6.62. The largest absolute Gasteiger partial charge is 0.493 e. The normalized spacial score (nSPS) is 15.8. The molecule has 0 aliphatic carbocycles. The quantitative estimate of drug-likeness (QED) is 0.332. The Morgan fingerprint density at radius 1 is 0.973 bits per heavy atom. The molecule has 5 rings (SSSR count). The second kappa shape index (κ2) is 10.7. The first-order chi connectivity index (χ1) is 18.0. The molecule has 2 aliphatic heterocycles. The molecule has 0 saturated carbocycles. The molecule has 0 saturated heterocycles. The molecule has 0 atom stereocenters. The molecular formula is C28H24N4O4S. The van der Waals surface area contributed by atoms with E-state index >= 15 is 0 Å². The van der Waals surface area contributed by atoms with Crippen molar-refractivity contribution in [3.8, 4) is 17.2 Å². The number of nitrogens with one attached hydrogen (secondary N) is 1. The van der Waals surface area contributed by atoms with Gasteiger partial charge in [-0.3, -0.25) is 10.2 Å². The van der Waals surface area contributed by atoms with Crippen LogP contribution in [0.5, 0.6) is 17.2 Å². The van der Waals surface area contributed by atoms with Crippen LogP contribution in [0.15, 0.2) is 88.5 Å². The van der Waals surface area contributed by atoms with Crippen molar-refractivity contribution in [1.29, 1.82) is 5.41 Å². The number of amidine groups is 2. The van der Waals surface area contributed by atoms with E-state index in [-0.39, 0.29) is 11.4 Å². The molecule has 2 heterocycles. The number of benzene rings is 3. The number of hydrogen-bond donors (Lipinski definition) is 1. The number of carbonyl (C=O) groups is 1. The number of aliphatic imine (C=N–C) groups is 1. The van der Waals surface area contributed by atoms with Gasteiger partial charge in [0.25, 0.3) is 5.91 Å². The topological polar surface area (TPSA) is 96.6 Å². The number of ether oxygens (including phenoxy) is 3. The summed E-state index contributed by atoms with van der Waals surface area (Å²) in [7, 11) is 1.60. The van der Waals surface area contributed by atoms with Crippen LogP contribution in [0.3, 0.4) is 0 Å². The summed E-state index contributed by atoms with van der Waals surface area (Å²) in [5.74, 6) is 1.45. The highest BCUT2D eigenvalue weighted by atomic mass is 32.2. The van der Waals surface area contributed by atoms with E-state index in [0.29, 0.717) is 46.2 Å². The van der Waals surface area contributed by atoms with Gasteiger partial charge in [-0.25, -0.2) is 0 Å². The molecule has 9 heteroatoms. The molecular weight excluding hydrogens is 488 g/mol. The first-order valence-electron chi connectivity index (χ1n) is 11.6. The van der Waals surface area contributed by atoms with Crippen LogP contribution in [0.2, 0.25) is 0 Å². The van der Waals surface area contributed by atoms with Crippen molar-refractivity contribution < 1.29 is 19.0 Å². The molecule has 0 spiro atoms. The molecule has 0 radical (unpaired) electrons. The van der Waals surface area contributed by atoms with Gasteiger partial charge in [-0.15, -0.1) is 0 Å². The summed E-state index contributed by atoms with van der Waals surface area (Å²) >= 11 is 1.29. The maximum absolute atomic E-state index is 12.8. The number of carbonyl (C=O) groups excluding carboxylic acids is 1. The second-order valence-corrected chi connectivity index (χ2v) is 9.12. The standard InChI is InChI=1S/C28H24N4O4S/c1-18-8-3-4-11-21(18)27-31-32-25(29)22(26(33)30-28(32)37-27)17-19-9-7-10-20(16-19)35-14-15-36-24-13-6-5-12-23(24)34-2/h3-13,16-17,29H,14-15H2,1-2H3/b22-17-,29-25?. The Morgan fingerprint density at radius 3 is 2.54 bits per heavy atom. The fourth-order valence-corrected chi connectivity index (χ4v) is 4.81. The summed E-state index contributed by atoms with van der Waals surface area (Å²) in [5.41, 5.74) is 2.89. The van der Waals surface area contributed by atoms with Gasteiger partial charge in [0.15, 0.2) is 17.3 Å². The van der Waals surface area contributed by atoms with Crippen molar-refractivity contribution in [2.75, 3.05) is 20.3 Å². The maximum Gasteiger partial charge on any atom is 0.283 e. The van der Waals surface area contributed by atoms with Crippen molar-refractivity contribution in [3.05, 3.63) is 95.1 Å². The monoisotopic (exact) mass is 512 g/mol. The number of nitrogens with zero attached hydrogens (tertiary/aromatic N) is 3. The second-order valence-electron chi connectivity index (χ2n) is 8.16. The fourth-order valence-electron chi connectivity index (χ4n) is 3.82. The van der Waals surface area contributed by atoms with Crippen LogP contribution in [0, 0.1) is 12.3 Å². The van der Waals surface area contributed by atoms with Gasteiger partial charge in [-0.05, 0) is 60.2 Å². The lowest BCUT2D eigenvalue weighted by atomic mass is 10.1. The molecule has 8 nitrogen and oxygen atoms in total. The van der Waals surface area contributed by atoms with Crippen LogP contribution < -0.4 is 14.2 Å². The summed E-state index contributed by atoms with van der Waals surface area (Å²) in [4.78, 5) is 17.0. The van der Waals surface area contributed by atoms with E-state index in [2.05, 4.69) is 10.1 Å². The molecule has 186 valence electrons. The van der Waals surface area contributed by atoms with E-state index in [0.717, 1.165) is 11.1 Å². The van der Waals surface area contributed by atoms with Gasteiger partial charge < -0.3 is 14.2 Å². The van der Waals surface area contributed by atoms with E-state index in [1.54, 1.807) is 19.3 Å². The third-order valence-electron chi connectivity index (χ3n) is 5.68. The number of para-hydroxylation sites is 2. The third kappa shape index (κ3) is 5.26. The fraction of sp³-hybridized carbons (Fsp3) is 0.143. The number of aryl methyl sites for hydroxylation is 1. The minimum absolute atomic E-state index is 0.0115. The number of hydrogen-bond acceptors (Lipinski definition) is 7. The van der Waals surface area contributed by atoms with Gasteiger partial charge in [-0.1, -0.05) is 48.5 Å². The predicted octanol–water partition coefficient (Wildman–Crippen LogP) is 5.13. The molecule has 3 aromatic carbocycles. The highest BCUT2D eigenvalue weighted by molar-refractivity contribution is 8.27. The highest BCUT2D eigenvalue weighted by Crippen LogP contribution is 2.32.